The van der Waals surface area contributed by atoms with E-state index in [1.165, 1.54) is 11.1 Å². The van der Waals surface area contributed by atoms with Crippen LogP contribution in [0.4, 0.5) is 0 Å². The summed E-state index contributed by atoms with van der Waals surface area (Å²) in [5, 5.41) is 1.74. The van der Waals surface area contributed by atoms with Crippen molar-refractivity contribution in [3.63, 3.8) is 0 Å². The van der Waals surface area contributed by atoms with Gasteiger partial charge in [-0.15, -0.1) is 11.6 Å². The summed E-state index contributed by atoms with van der Waals surface area (Å²) in [5.74, 6) is 0. The third-order valence-electron chi connectivity index (χ3n) is 5.82. The molecule has 0 spiro atoms. The molecule has 0 saturated carbocycles. The van der Waals surface area contributed by atoms with Gasteiger partial charge in [0.15, 0.2) is 5.43 Å². The van der Waals surface area contributed by atoms with Gasteiger partial charge >= 0.3 is 0 Å². The molecular weight excluding hydrogens is 380 g/mol. The Hall–Kier alpha value is -2.23. The van der Waals surface area contributed by atoms with Crippen molar-refractivity contribution in [3.8, 4) is 0 Å². The third kappa shape index (κ3) is 4.68. The lowest BCUT2D eigenvalue weighted by atomic mass is 10.00. The number of halogens is 1. The van der Waals surface area contributed by atoms with Gasteiger partial charge in [-0.2, -0.15) is 0 Å². The Morgan fingerprint density at radius 1 is 1.21 bits per heavy atom. The Labute approximate surface area is 177 Å². The number of fused-ring (bicyclic) bond motifs is 1. The normalized spacial score (nSPS) is 20.3. The van der Waals surface area contributed by atoms with Gasteiger partial charge in [0.05, 0.1) is 16.8 Å². The van der Waals surface area contributed by atoms with E-state index in [1.54, 1.807) is 6.07 Å². The van der Waals surface area contributed by atoms with Crippen LogP contribution in [0, 0.1) is 0 Å². The van der Waals surface area contributed by atoms with Gasteiger partial charge < -0.3 is 0 Å². The van der Waals surface area contributed by atoms with E-state index in [1.807, 2.05) is 30.3 Å². The molecule has 1 aromatic carbocycles. The van der Waals surface area contributed by atoms with E-state index in [-0.39, 0.29) is 10.8 Å². The first kappa shape index (κ1) is 20.1. The van der Waals surface area contributed by atoms with Crippen molar-refractivity contribution in [1.29, 1.82) is 0 Å². The molecule has 2 aliphatic rings. The summed E-state index contributed by atoms with van der Waals surface area (Å²) in [6.45, 7) is 5.24. The quantitative estimate of drug-likeness (QED) is 0.660. The fourth-order valence-electron chi connectivity index (χ4n) is 4.10. The average Bonchev–Trinajstić information content (AvgIpc) is 3.06. The fourth-order valence-corrected chi connectivity index (χ4v) is 4.26. The van der Waals surface area contributed by atoms with Crippen LogP contribution in [0.25, 0.3) is 16.3 Å². The van der Waals surface area contributed by atoms with Crippen LogP contribution in [0.2, 0.25) is 0 Å². The Balaban J connectivity index is 1.81. The first-order valence-electron chi connectivity index (χ1n) is 10.5. The van der Waals surface area contributed by atoms with Gasteiger partial charge in [0.1, 0.15) is 0 Å². The molecule has 0 bridgehead atoms. The number of benzene rings is 1. The maximum Gasteiger partial charge on any atom is 0.188 e. The minimum atomic E-state index is 0.0424. The van der Waals surface area contributed by atoms with E-state index >= 15 is 0 Å². The number of alkyl halides is 1. The van der Waals surface area contributed by atoms with E-state index in [0.717, 1.165) is 61.1 Å². The Kier molecular flexibility index (Phi) is 6.27. The van der Waals surface area contributed by atoms with Crippen molar-refractivity contribution in [3.05, 3.63) is 81.8 Å². The molecule has 0 N–H and O–H groups in total. The van der Waals surface area contributed by atoms with Gasteiger partial charge in [0.25, 0.3) is 0 Å². The number of rotatable bonds is 4. The maximum atomic E-state index is 13.0. The molecule has 0 fully saturated rings. The summed E-state index contributed by atoms with van der Waals surface area (Å²) in [7, 11) is 0. The Morgan fingerprint density at radius 3 is 2.79 bits per heavy atom. The standard InChI is InChI=1S/C25H27ClN2O/c1-2-28-14-5-6-19(13-15-28)23-17-25(29)22-8-4-3-7-21(22)24(27-23)16-18-9-11-20(26)12-10-18/h3-4,7-11,13,17,20H,2,5-6,12,14-16H2,1H3. The van der Waals surface area contributed by atoms with Crippen LogP contribution < -0.4 is 5.43 Å². The Bertz CT molecular complexity index is 1050. The summed E-state index contributed by atoms with van der Waals surface area (Å²) in [6.07, 6.45) is 12.2. The average molecular weight is 407 g/mol. The van der Waals surface area contributed by atoms with Gasteiger partial charge in [-0.1, -0.05) is 55.5 Å². The summed E-state index contributed by atoms with van der Waals surface area (Å²) in [5.41, 5.74) is 4.22. The van der Waals surface area contributed by atoms with Crippen molar-refractivity contribution < 1.29 is 0 Å². The second-order valence-corrected chi connectivity index (χ2v) is 8.35. The Morgan fingerprint density at radius 2 is 2.03 bits per heavy atom. The second kappa shape index (κ2) is 9.06. The summed E-state index contributed by atoms with van der Waals surface area (Å²) in [6, 6.07) is 9.57. The van der Waals surface area contributed by atoms with Crippen LogP contribution in [0.3, 0.4) is 0 Å². The van der Waals surface area contributed by atoms with Crippen molar-refractivity contribution in [2.45, 2.75) is 38.0 Å². The number of hydrogen-bond donors (Lipinski definition) is 0. The van der Waals surface area contributed by atoms with E-state index in [2.05, 4.69) is 30.1 Å². The number of nitrogens with zero attached hydrogens (tertiary/aromatic N) is 2. The zero-order valence-electron chi connectivity index (χ0n) is 16.9. The largest absolute Gasteiger partial charge is 0.300 e. The molecule has 0 saturated heterocycles. The van der Waals surface area contributed by atoms with Crippen molar-refractivity contribution in [1.82, 2.24) is 9.88 Å². The number of likely N-dealkylation sites (N-methyl/N-ethyl adjacent to an activating group) is 1. The van der Waals surface area contributed by atoms with Crippen LogP contribution in [0.1, 0.15) is 37.6 Å². The maximum absolute atomic E-state index is 13.0. The summed E-state index contributed by atoms with van der Waals surface area (Å²) in [4.78, 5) is 20.5. The minimum absolute atomic E-state index is 0.0424. The molecule has 2 aromatic rings. The molecule has 1 unspecified atom stereocenters. The minimum Gasteiger partial charge on any atom is -0.300 e. The highest BCUT2D eigenvalue weighted by molar-refractivity contribution is 6.22. The molecule has 0 amide bonds. The van der Waals surface area contributed by atoms with E-state index in [9.17, 15) is 4.79 Å². The molecule has 4 heteroatoms. The van der Waals surface area contributed by atoms with Crippen molar-refractivity contribution in [2.75, 3.05) is 19.6 Å². The SMILES string of the molecule is CCN1CC=C(c2cc(=O)c3ccccc3c(CC3=CCC(Cl)C=C3)n2)CCC1. The number of allylic oxidation sites excluding steroid dienone is 5. The molecular formula is C25H27ClN2O. The van der Waals surface area contributed by atoms with Crippen molar-refractivity contribution in [2.24, 2.45) is 0 Å². The van der Waals surface area contributed by atoms with Crippen molar-refractivity contribution >= 4 is 27.9 Å². The molecule has 0 radical (unpaired) electrons. The van der Waals surface area contributed by atoms with Crippen LogP contribution in [0.5, 0.6) is 0 Å². The van der Waals surface area contributed by atoms with E-state index in [4.69, 9.17) is 16.6 Å². The van der Waals surface area contributed by atoms with Crippen LogP contribution in [0.15, 0.2) is 65.0 Å². The highest BCUT2D eigenvalue weighted by atomic mass is 35.5. The molecule has 3 nitrogen and oxygen atoms in total. The van der Waals surface area contributed by atoms with Gasteiger partial charge in [-0.25, -0.2) is 0 Å². The van der Waals surface area contributed by atoms with Crippen LogP contribution in [-0.4, -0.2) is 34.9 Å². The second-order valence-electron chi connectivity index (χ2n) is 7.79. The molecule has 4 rings (SSSR count). The molecule has 150 valence electrons. The molecule has 1 aliphatic carbocycles. The zero-order chi connectivity index (χ0) is 20.2. The van der Waals surface area contributed by atoms with Gasteiger partial charge in [0.2, 0.25) is 0 Å². The van der Waals surface area contributed by atoms with Crippen LogP contribution >= 0.6 is 11.6 Å². The lowest BCUT2D eigenvalue weighted by Crippen LogP contribution is -2.23. The zero-order valence-corrected chi connectivity index (χ0v) is 17.7. The molecule has 29 heavy (non-hydrogen) atoms. The molecule has 1 atom stereocenters. The number of aromatic nitrogens is 1. The fraction of sp³-hybridized carbons (Fsp3) is 0.360. The molecule has 1 aliphatic heterocycles. The topological polar surface area (TPSA) is 33.2 Å². The predicted octanol–water partition coefficient (Wildman–Crippen LogP) is 5.13. The van der Waals surface area contributed by atoms with Gasteiger partial charge in [0, 0.05) is 29.8 Å². The first-order valence-corrected chi connectivity index (χ1v) is 10.9. The lowest BCUT2D eigenvalue weighted by Gasteiger charge is -2.15. The van der Waals surface area contributed by atoms with Gasteiger partial charge in [-0.3, -0.25) is 14.7 Å². The van der Waals surface area contributed by atoms with E-state index < -0.39 is 0 Å². The summed E-state index contributed by atoms with van der Waals surface area (Å²) >= 11 is 6.19. The first-order chi connectivity index (χ1) is 14.1. The highest BCUT2D eigenvalue weighted by Crippen LogP contribution is 2.25. The van der Waals surface area contributed by atoms with Crippen LogP contribution in [-0.2, 0) is 6.42 Å². The highest BCUT2D eigenvalue weighted by Gasteiger charge is 2.15. The third-order valence-corrected chi connectivity index (χ3v) is 6.14. The molecule has 1 aromatic heterocycles. The number of hydrogen-bond acceptors (Lipinski definition) is 3. The summed E-state index contributed by atoms with van der Waals surface area (Å²) < 4.78 is 0. The lowest BCUT2D eigenvalue weighted by molar-refractivity contribution is 0.321. The van der Waals surface area contributed by atoms with E-state index in [0.29, 0.717) is 6.42 Å². The van der Waals surface area contributed by atoms with Gasteiger partial charge in [-0.05, 0) is 43.5 Å². The monoisotopic (exact) mass is 406 g/mol. The smallest absolute Gasteiger partial charge is 0.188 e. The molecule has 2 heterocycles. The predicted molar refractivity (Wildman–Crippen MR) is 123 cm³/mol.